The molecule has 0 amide bonds. The molecule has 17 heavy (non-hydrogen) atoms. The van der Waals surface area contributed by atoms with Crippen LogP contribution < -0.4 is 5.73 Å². The van der Waals surface area contributed by atoms with Gasteiger partial charge in [0, 0.05) is 13.1 Å². The molecule has 1 aromatic heterocycles. The molecule has 0 bridgehead atoms. The summed E-state index contributed by atoms with van der Waals surface area (Å²) in [6, 6.07) is 4.11. The number of rotatable bonds is 5. The highest BCUT2D eigenvalue weighted by Crippen LogP contribution is 2.30. The summed E-state index contributed by atoms with van der Waals surface area (Å²) >= 11 is 0. The summed E-state index contributed by atoms with van der Waals surface area (Å²) in [5.41, 5.74) is 5.83. The van der Waals surface area contributed by atoms with E-state index in [2.05, 4.69) is 11.9 Å². The first-order valence-electron chi connectivity index (χ1n) is 6.25. The topological polar surface area (TPSA) is 62.6 Å². The molecule has 2 rings (SSSR count). The zero-order valence-corrected chi connectivity index (χ0v) is 10.6. The van der Waals surface area contributed by atoms with Crippen LogP contribution in [0.15, 0.2) is 16.5 Å². The van der Waals surface area contributed by atoms with Crippen molar-refractivity contribution in [2.45, 2.75) is 31.9 Å². The second kappa shape index (κ2) is 5.21. The molecule has 0 aromatic carbocycles. The summed E-state index contributed by atoms with van der Waals surface area (Å²) in [6.07, 6.45) is 1.74. The molecule has 0 aliphatic heterocycles. The molecular formula is C13H22N2O2. The molecule has 3 N–H and O–H groups in total. The van der Waals surface area contributed by atoms with E-state index in [4.69, 9.17) is 10.2 Å². The Morgan fingerprint density at radius 1 is 1.53 bits per heavy atom. The van der Waals surface area contributed by atoms with E-state index in [0.29, 0.717) is 12.5 Å². The zero-order valence-electron chi connectivity index (χ0n) is 10.6. The number of aliphatic hydroxyl groups is 1. The first kappa shape index (κ1) is 12.6. The van der Waals surface area contributed by atoms with Gasteiger partial charge in [-0.3, -0.25) is 4.90 Å². The molecule has 0 saturated heterocycles. The van der Waals surface area contributed by atoms with Gasteiger partial charge in [0.05, 0.1) is 12.1 Å². The van der Waals surface area contributed by atoms with Crippen LogP contribution in [0, 0.1) is 12.8 Å². The van der Waals surface area contributed by atoms with Crippen molar-refractivity contribution in [1.29, 1.82) is 0 Å². The number of likely N-dealkylation sites (N-methyl/N-ethyl adjacent to an activating group) is 1. The monoisotopic (exact) mass is 238 g/mol. The van der Waals surface area contributed by atoms with E-state index in [1.54, 1.807) is 0 Å². The maximum Gasteiger partial charge on any atom is 0.122 e. The van der Waals surface area contributed by atoms with Crippen LogP contribution in [0.4, 0.5) is 0 Å². The van der Waals surface area contributed by atoms with Gasteiger partial charge in [-0.2, -0.15) is 0 Å². The Kier molecular flexibility index (Phi) is 3.86. The zero-order chi connectivity index (χ0) is 12.4. The molecule has 1 aromatic rings. The van der Waals surface area contributed by atoms with Crippen molar-refractivity contribution in [1.82, 2.24) is 4.90 Å². The van der Waals surface area contributed by atoms with Gasteiger partial charge in [0.1, 0.15) is 11.5 Å². The van der Waals surface area contributed by atoms with Gasteiger partial charge in [-0.05, 0) is 44.9 Å². The summed E-state index contributed by atoms with van der Waals surface area (Å²) in [6.45, 7) is 3.47. The lowest BCUT2D eigenvalue weighted by molar-refractivity contribution is 0.0209. The number of hydrogen-bond acceptors (Lipinski definition) is 4. The van der Waals surface area contributed by atoms with E-state index in [1.807, 2.05) is 19.1 Å². The summed E-state index contributed by atoms with van der Waals surface area (Å²) in [5, 5.41) is 9.29. The predicted molar refractivity (Wildman–Crippen MR) is 66.6 cm³/mol. The summed E-state index contributed by atoms with van der Waals surface area (Å²) in [4.78, 5) is 2.23. The Hall–Kier alpha value is -0.840. The number of aliphatic hydroxyl groups excluding tert-OH is 1. The lowest BCUT2D eigenvalue weighted by atomic mass is 9.82. The molecule has 1 unspecified atom stereocenters. The average Bonchev–Trinajstić information content (AvgIpc) is 2.64. The highest BCUT2D eigenvalue weighted by molar-refractivity contribution is 5.10. The molecule has 1 saturated carbocycles. The second-order valence-electron chi connectivity index (χ2n) is 5.13. The van der Waals surface area contributed by atoms with Crippen molar-refractivity contribution in [2.24, 2.45) is 11.7 Å². The van der Waals surface area contributed by atoms with E-state index < -0.39 is 0 Å². The minimum absolute atomic E-state index is 0.0874. The van der Waals surface area contributed by atoms with Gasteiger partial charge >= 0.3 is 0 Å². The van der Waals surface area contributed by atoms with Crippen LogP contribution in [0.3, 0.4) is 0 Å². The highest BCUT2D eigenvalue weighted by Gasteiger charge is 2.30. The highest BCUT2D eigenvalue weighted by atomic mass is 16.3. The van der Waals surface area contributed by atoms with Gasteiger partial charge in [0.15, 0.2) is 0 Å². The van der Waals surface area contributed by atoms with Crippen molar-refractivity contribution in [3.05, 3.63) is 23.7 Å². The van der Waals surface area contributed by atoms with Crippen LogP contribution in [-0.4, -0.2) is 36.2 Å². The summed E-state index contributed by atoms with van der Waals surface area (Å²) in [7, 11) is 2.07. The molecule has 0 spiro atoms. The first-order valence-corrected chi connectivity index (χ1v) is 6.25. The third-order valence-corrected chi connectivity index (χ3v) is 3.60. The van der Waals surface area contributed by atoms with Gasteiger partial charge in [-0.1, -0.05) is 0 Å². The van der Waals surface area contributed by atoms with Gasteiger partial charge in [0.2, 0.25) is 0 Å². The molecule has 4 heteroatoms. The van der Waals surface area contributed by atoms with E-state index >= 15 is 0 Å². The van der Waals surface area contributed by atoms with Crippen LogP contribution in [0.2, 0.25) is 0 Å². The Bertz CT molecular complexity index is 358. The number of hydrogen-bond donors (Lipinski definition) is 2. The summed E-state index contributed by atoms with van der Waals surface area (Å²) in [5.74, 6) is 2.46. The van der Waals surface area contributed by atoms with E-state index in [0.717, 1.165) is 30.9 Å². The van der Waals surface area contributed by atoms with Crippen molar-refractivity contribution in [2.75, 3.05) is 20.1 Å². The minimum atomic E-state index is -0.0874. The molecule has 96 valence electrons. The smallest absolute Gasteiger partial charge is 0.122 e. The largest absolute Gasteiger partial charge is 0.465 e. The fourth-order valence-electron chi connectivity index (χ4n) is 2.53. The van der Waals surface area contributed by atoms with Crippen LogP contribution in [0.25, 0.3) is 0 Å². The van der Waals surface area contributed by atoms with Crippen molar-refractivity contribution < 1.29 is 9.52 Å². The van der Waals surface area contributed by atoms with Crippen LogP contribution >= 0.6 is 0 Å². The normalized spacial score (nSPS) is 25.9. The SMILES string of the molecule is Cc1ccc(C(CN)N(C)CC2CC(O)C2)o1. The summed E-state index contributed by atoms with van der Waals surface area (Å²) < 4.78 is 5.64. The molecule has 1 fully saturated rings. The number of furan rings is 1. The van der Waals surface area contributed by atoms with E-state index in [1.165, 1.54) is 0 Å². The van der Waals surface area contributed by atoms with Crippen molar-refractivity contribution >= 4 is 0 Å². The Morgan fingerprint density at radius 2 is 2.24 bits per heavy atom. The maximum absolute atomic E-state index is 9.29. The minimum Gasteiger partial charge on any atom is -0.465 e. The number of nitrogens with zero attached hydrogens (tertiary/aromatic N) is 1. The quantitative estimate of drug-likeness (QED) is 0.811. The standard InChI is InChI=1S/C13H22N2O2/c1-9-3-4-13(17-9)12(7-14)15(2)8-10-5-11(16)6-10/h3-4,10-12,16H,5-8,14H2,1-2H3. The molecule has 1 atom stereocenters. The molecular weight excluding hydrogens is 216 g/mol. The fraction of sp³-hybridized carbons (Fsp3) is 0.692. The van der Waals surface area contributed by atoms with Crippen LogP contribution in [0.5, 0.6) is 0 Å². The van der Waals surface area contributed by atoms with Gasteiger partial charge < -0.3 is 15.3 Å². The Morgan fingerprint density at radius 3 is 2.71 bits per heavy atom. The second-order valence-corrected chi connectivity index (χ2v) is 5.13. The number of nitrogens with two attached hydrogens (primary N) is 1. The third-order valence-electron chi connectivity index (χ3n) is 3.60. The lowest BCUT2D eigenvalue weighted by Gasteiger charge is -2.36. The Balaban J connectivity index is 1.93. The predicted octanol–water partition coefficient (Wildman–Crippen LogP) is 1.29. The molecule has 1 heterocycles. The molecule has 4 nitrogen and oxygen atoms in total. The van der Waals surface area contributed by atoms with E-state index in [9.17, 15) is 5.11 Å². The average molecular weight is 238 g/mol. The van der Waals surface area contributed by atoms with Crippen LogP contribution in [-0.2, 0) is 0 Å². The fourth-order valence-corrected chi connectivity index (χ4v) is 2.53. The maximum atomic E-state index is 9.29. The number of aryl methyl sites for hydroxylation is 1. The molecule has 1 aliphatic carbocycles. The third kappa shape index (κ3) is 2.89. The van der Waals surface area contributed by atoms with Crippen molar-refractivity contribution in [3.63, 3.8) is 0 Å². The van der Waals surface area contributed by atoms with E-state index in [-0.39, 0.29) is 12.1 Å². The molecule has 1 aliphatic rings. The first-order chi connectivity index (χ1) is 8.10. The van der Waals surface area contributed by atoms with Gasteiger partial charge in [0.25, 0.3) is 0 Å². The van der Waals surface area contributed by atoms with Crippen LogP contribution in [0.1, 0.15) is 30.4 Å². The molecule has 0 radical (unpaired) electrons. The Labute approximate surface area is 102 Å². The van der Waals surface area contributed by atoms with Crippen molar-refractivity contribution in [3.8, 4) is 0 Å². The van der Waals surface area contributed by atoms with Gasteiger partial charge in [-0.15, -0.1) is 0 Å². The van der Waals surface area contributed by atoms with Gasteiger partial charge in [-0.25, -0.2) is 0 Å². The lowest BCUT2D eigenvalue weighted by Crippen LogP contribution is -2.40.